The molecule has 1 aromatic carbocycles. The lowest BCUT2D eigenvalue weighted by Crippen LogP contribution is -2.52. The van der Waals surface area contributed by atoms with Gasteiger partial charge in [0.05, 0.1) is 4.90 Å². The minimum absolute atomic E-state index is 0. The van der Waals surface area contributed by atoms with Crippen LogP contribution in [0.15, 0.2) is 23.1 Å². The zero-order chi connectivity index (χ0) is 14.7. The molecular formula is C13H22ClFN2O2S. The number of benzene rings is 1. The van der Waals surface area contributed by atoms with Crippen molar-refractivity contribution in [1.82, 2.24) is 4.72 Å². The Morgan fingerprint density at radius 3 is 2.20 bits per heavy atom. The Hall–Kier alpha value is -0.690. The Morgan fingerprint density at radius 1 is 1.25 bits per heavy atom. The lowest BCUT2D eigenvalue weighted by atomic mass is 9.95. The number of rotatable bonds is 6. The van der Waals surface area contributed by atoms with Gasteiger partial charge in [0.15, 0.2) is 0 Å². The predicted octanol–water partition coefficient (Wildman–Crippen LogP) is 2.35. The molecule has 1 rings (SSSR count). The summed E-state index contributed by atoms with van der Waals surface area (Å²) in [5, 5.41) is 0. The van der Waals surface area contributed by atoms with E-state index in [2.05, 4.69) is 4.72 Å². The van der Waals surface area contributed by atoms with Gasteiger partial charge in [0, 0.05) is 12.1 Å². The summed E-state index contributed by atoms with van der Waals surface area (Å²) >= 11 is 0. The van der Waals surface area contributed by atoms with Crippen LogP contribution in [0.1, 0.15) is 32.3 Å². The van der Waals surface area contributed by atoms with E-state index in [1.165, 1.54) is 12.1 Å². The van der Waals surface area contributed by atoms with Crippen LogP contribution in [0.4, 0.5) is 4.39 Å². The van der Waals surface area contributed by atoms with Crippen LogP contribution in [0.3, 0.4) is 0 Å². The monoisotopic (exact) mass is 324 g/mol. The molecular weight excluding hydrogens is 303 g/mol. The molecule has 0 radical (unpaired) electrons. The van der Waals surface area contributed by atoms with Gasteiger partial charge in [-0.05, 0) is 43.5 Å². The molecule has 0 saturated carbocycles. The Morgan fingerprint density at radius 2 is 1.80 bits per heavy atom. The van der Waals surface area contributed by atoms with E-state index in [0.29, 0.717) is 18.4 Å². The van der Waals surface area contributed by atoms with E-state index in [4.69, 9.17) is 5.73 Å². The molecule has 1 aromatic rings. The molecule has 0 bridgehead atoms. The van der Waals surface area contributed by atoms with Crippen molar-refractivity contribution in [2.45, 2.75) is 44.0 Å². The van der Waals surface area contributed by atoms with Crippen molar-refractivity contribution in [3.05, 3.63) is 29.6 Å². The van der Waals surface area contributed by atoms with Gasteiger partial charge in [0.25, 0.3) is 0 Å². The number of nitrogens with one attached hydrogen (secondary N) is 1. The summed E-state index contributed by atoms with van der Waals surface area (Å²) in [5.41, 5.74) is 5.55. The van der Waals surface area contributed by atoms with Gasteiger partial charge in [-0.25, -0.2) is 17.5 Å². The van der Waals surface area contributed by atoms with Crippen LogP contribution in [-0.2, 0) is 10.0 Å². The SMILES string of the molecule is CCC(CC)(CN)NS(=O)(=O)c1cc(C)cc(F)c1.Cl. The van der Waals surface area contributed by atoms with Crippen molar-refractivity contribution in [2.75, 3.05) is 6.54 Å². The highest BCUT2D eigenvalue weighted by atomic mass is 35.5. The van der Waals surface area contributed by atoms with Crippen LogP contribution in [0.5, 0.6) is 0 Å². The predicted molar refractivity (Wildman–Crippen MR) is 81.1 cm³/mol. The fraction of sp³-hybridized carbons (Fsp3) is 0.538. The Kier molecular flexibility index (Phi) is 7.10. The van der Waals surface area contributed by atoms with E-state index in [1.54, 1.807) is 6.92 Å². The van der Waals surface area contributed by atoms with Crippen molar-refractivity contribution < 1.29 is 12.8 Å². The van der Waals surface area contributed by atoms with Gasteiger partial charge in [-0.1, -0.05) is 13.8 Å². The molecule has 7 heteroatoms. The first kappa shape index (κ1) is 19.3. The van der Waals surface area contributed by atoms with Crippen molar-refractivity contribution in [3.8, 4) is 0 Å². The number of hydrogen-bond donors (Lipinski definition) is 2. The maximum atomic E-state index is 13.3. The molecule has 0 fully saturated rings. The van der Waals surface area contributed by atoms with E-state index < -0.39 is 21.4 Å². The molecule has 4 nitrogen and oxygen atoms in total. The topological polar surface area (TPSA) is 72.2 Å². The first-order chi connectivity index (χ1) is 8.78. The molecule has 116 valence electrons. The van der Waals surface area contributed by atoms with E-state index >= 15 is 0 Å². The average Bonchev–Trinajstić information content (AvgIpc) is 2.35. The van der Waals surface area contributed by atoms with E-state index in [0.717, 1.165) is 6.07 Å². The molecule has 0 unspecified atom stereocenters. The summed E-state index contributed by atoms with van der Waals surface area (Å²) in [6.45, 7) is 5.59. The van der Waals surface area contributed by atoms with Gasteiger partial charge in [0.1, 0.15) is 5.82 Å². The van der Waals surface area contributed by atoms with Crippen LogP contribution < -0.4 is 10.5 Å². The molecule has 0 aliphatic carbocycles. The standard InChI is InChI=1S/C13H21FN2O2S.ClH/c1-4-13(5-2,9-15)16-19(17,18)12-7-10(3)6-11(14)8-12;/h6-8,16H,4-5,9,15H2,1-3H3;1H. The number of hydrogen-bond acceptors (Lipinski definition) is 3. The van der Waals surface area contributed by atoms with Gasteiger partial charge in [0.2, 0.25) is 10.0 Å². The summed E-state index contributed by atoms with van der Waals surface area (Å²) in [5.74, 6) is -0.563. The van der Waals surface area contributed by atoms with E-state index in [9.17, 15) is 12.8 Å². The summed E-state index contributed by atoms with van der Waals surface area (Å²) in [7, 11) is -3.77. The maximum Gasteiger partial charge on any atom is 0.241 e. The summed E-state index contributed by atoms with van der Waals surface area (Å²) in [4.78, 5) is -0.0651. The van der Waals surface area contributed by atoms with Gasteiger partial charge in [-0.3, -0.25) is 0 Å². The zero-order valence-electron chi connectivity index (χ0n) is 11.9. The van der Waals surface area contributed by atoms with Gasteiger partial charge >= 0.3 is 0 Å². The second-order valence-corrected chi connectivity index (χ2v) is 6.44. The molecule has 0 atom stereocenters. The lowest BCUT2D eigenvalue weighted by Gasteiger charge is -2.31. The number of sulfonamides is 1. The van der Waals surface area contributed by atoms with Gasteiger partial charge < -0.3 is 5.73 Å². The number of aryl methyl sites for hydroxylation is 1. The smallest absolute Gasteiger partial charge is 0.241 e. The van der Waals surface area contributed by atoms with Crippen LogP contribution in [0.25, 0.3) is 0 Å². The minimum Gasteiger partial charge on any atom is -0.329 e. The molecule has 0 aromatic heterocycles. The Bertz CT molecular complexity index is 517. The molecule has 0 amide bonds. The quantitative estimate of drug-likeness (QED) is 0.843. The van der Waals surface area contributed by atoms with Crippen LogP contribution in [0.2, 0.25) is 0 Å². The van der Waals surface area contributed by atoms with Gasteiger partial charge in [-0.2, -0.15) is 0 Å². The summed E-state index contributed by atoms with van der Waals surface area (Å²) in [6.07, 6.45) is 1.15. The highest BCUT2D eigenvalue weighted by Gasteiger charge is 2.31. The third kappa shape index (κ3) is 4.41. The molecule has 0 heterocycles. The molecule has 0 aliphatic rings. The Labute approximate surface area is 126 Å². The minimum atomic E-state index is -3.77. The molecule has 3 N–H and O–H groups in total. The van der Waals surface area contributed by atoms with Crippen molar-refractivity contribution in [2.24, 2.45) is 5.73 Å². The molecule has 0 saturated heterocycles. The van der Waals surface area contributed by atoms with Crippen LogP contribution in [-0.4, -0.2) is 20.5 Å². The highest BCUT2D eigenvalue weighted by molar-refractivity contribution is 7.89. The Balaban J connectivity index is 0.00000361. The van der Waals surface area contributed by atoms with Crippen molar-refractivity contribution in [1.29, 1.82) is 0 Å². The molecule has 0 aliphatic heterocycles. The summed E-state index contributed by atoms with van der Waals surface area (Å²) in [6, 6.07) is 3.74. The third-order valence-corrected chi connectivity index (χ3v) is 4.98. The van der Waals surface area contributed by atoms with Gasteiger partial charge in [-0.15, -0.1) is 12.4 Å². The summed E-state index contributed by atoms with van der Waals surface area (Å²) < 4.78 is 40.5. The molecule has 0 spiro atoms. The third-order valence-electron chi connectivity index (χ3n) is 3.42. The normalized spacial score (nSPS) is 12.1. The lowest BCUT2D eigenvalue weighted by molar-refractivity contribution is 0.363. The average molecular weight is 325 g/mol. The maximum absolute atomic E-state index is 13.3. The largest absolute Gasteiger partial charge is 0.329 e. The fourth-order valence-electron chi connectivity index (χ4n) is 1.93. The van der Waals surface area contributed by atoms with Crippen LogP contribution in [0, 0.1) is 12.7 Å². The second kappa shape index (κ2) is 7.36. The fourth-order valence-corrected chi connectivity index (χ4v) is 3.60. The molecule has 20 heavy (non-hydrogen) atoms. The van der Waals surface area contributed by atoms with E-state index in [1.807, 2.05) is 13.8 Å². The second-order valence-electron chi connectivity index (χ2n) is 4.76. The first-order valence-electron chi connectivity index (χ1n) is 6.30. The van der Waals surface area contributed by atoms with Crippen molar-refractivity contribution >= 4 is 22.4 Å². The zero-order valence-corrected chi connectivity index (χ0v) is 13.6. The number of nitrogens with two attached hydrogens (primary N) is 1. The number of halogens is 2. The highest BCUT2D eigenvalue weighted by Crippen LogP contribution is 2.20. The first-order valence-corrected chi connectivity index (χ1v) is 7.78. The van der Waals surface area contributed by atoms with Crippen molar-refractivity contribution in [3.63, 3.8) is 0 Å². The van der Waals surface area contributed by atoms with E-state index in [-0.39, 0.29) is 23.8 Å². The van der Waals surface area contributed by atoms with Crippen LogP contribution >= 0.6 is 12.4 Å².